The molecular weight excluding hydrogens is 298 g/mol. The molecule has 0 heterocycles. The molecule has 0 unspecified atom stereocenters. The van der Waals surface area contributed by atoms with Crippen LogP contribution in [0.4, 0.5) is 5.69 Å². The lowest BCUT2D eigenvalue weighted by Crippen LogP contribution is -2.16. The van der Waals surface area contributed by atoms with E-state index in [1.807, 2.05) is 61.5 Å². The first-order valence-corrected chi connectivity index (χ1v) is 7.39. The van der Waals surface area contributed by atoms with E-state index in [4.69, 9.17) is 16.3 Å². The molecule has 2 rings (SSSR count). The number of esters is 1. The van der Waals surface area contributed by atoms with E-state index in [2.05, 4.69) is 5.32 Å². The molecule has 2 aromatic carbocycles. The lowest BCUT2D eigenvalue weighted by Gasteiger charge is -2.06. The second-order valence-electron chi connectivity index (χ2n) is 4.86. The number of aryl methyl sites for hydroxylation is 1. The lowest BCUT2D eigenvalue weighted by molar-refractivity contribution is -0.140. The summed E-state index contributed by atoms with van der Waals surface area (Å²) >= 11 is 5.81. The standard InChI is InChI=1S/C18H18ClNO2/c1-14-4-10-17(11-5-14)20-13-18(21)22-12-2-3-15-6-8-16(19)9-7-15/h2-11,20H,12-13H2,1H3/b3-2+. The Kier molecular flexibility index (Phi) is 6.04. The van der Waals surface area contributed by atoms with Gasteiger partial charge in [0, 0.05) is 10.7 Å². The fourth-order valence-corrected chi connectivity index (χ4v) is 1.92. The van der Waals surface area contributed by atoms with Crippen molar-refractivity contribution < 1.29 is 9.53 Å². The van der Waals surface area contributed by atoms with Gasteiger partial charge >= 0.3 is 5.97 Å². The van der Waals surface area contributed by atoms with Gasteiger partial charge in [0.25, 0.3) is 0 Å². The van der Waals surface area contributed by atoms with Gasteiger partial charge in [0.2, 0.25) is 0 Å². The minimum absolute atomic E-state index is 0.151. The van der Waals surface area contributed by atoms with Gasteiger partial charge in [-0.15, -0.1) is 0 Å². The number of carbonyl (C=O) groups excluding carboxylic acids is 1. The molecule has 0 aliphatic rings. The number of hydrogen-bond acceptors (Lipinski definition) is 3. The predicted octanol–water partition coefficient (Wildman–Crippen LogP) is 4.32. The van der Waals surface area contributed by atoms with Gasteiger partial charge < -0.3 is 10.1 Å². The van der Waals surface area contributed by atoms with Gasteiger partial charge in [-0.2, -0.15) is 0 Å². The first-order valence-electron chi connectivity index (χ1n) is 7.02. The van der Waals surface area contributed by atoms with Gasteiger partial charge in [0.05, 0.1) is 0 Å². The van der Waals surface area contributed by atoms with Crippen LogP contribution in [0.25, 0.3) is 6.08 Å². The summed E-state index contributed by atoms with van der Waals surface area (Å²) < 4.78 is 5.12. The summed E-state index contributed by atoms with van der Waals surface area (Å²) in [6.45, 7) is 2.42. The number of nitrogens with one attached hydrogen (secondary N) is 1. The highest BCUT2D eigenvalue weighted by molar-refractivity contribution is 6.30. The molecule has 0 radical (unpaired) electrons. The third kappa shape index (κ3) is 5.62. The van der Waals surface area contributed by atoms with Crippen molar-refractivity contribution >= 4 is 29.3 Å². The zero-order valence-corrected chi connectivity index (χ0v) is 13.1. The Balaban J connectivity index is 1.69. The van der Waals surface area contributed by atoms with Crippen LogP contribution in [0.2, 0.25) is 5.02 Å². The van der Waals surface area contributed by atoms with Crippen LogP contribution in [0.1, 0.15) is 11.1 Å². The van der Waals surface area contributed by atoms with Gasteiger partial charge in [-0.1, -0.05) is 47.5 Å². The summed E-state index contributed by atoms with van der Waals surface area (Å²) in [7, 11) is 0. The average molecular weight is 316 g/mol. The van der Waals surface area contributed by atoms with Crippen molar-refractivity contribution in [2.24, 2.45) is 0 Å². The first kappa shape index (κ1) is 16.1. The summed E-state index contributed by atoms with van der Waals surface area (Å²) in [4.78, 5) is 11.6. The zero-order valence-electron chi connectivity index (χ0n) is 12.4. The van der Waals surface area contributed by atoms with E-state index >= 15 is 0 Å². The van der Waals surface area contributed by atoms with E-state index in [1.165, 1.54) is 5.56 Å². The highest BCUT2D eigenvalue weighted by atomic mass is 35.5. The molecule has 114 valence electrons. The smallest absolute Gasteiger partial charge is 0.325 e. The van der Waals surface area contributed by atoms with Gasteiger partial charge in [-0.3, -0.25) is 4.79 Å². The number of hydrogen-bond donors (Lipinski definition) is 1. The van der Waals surface area contributed by atoms with Crippen molar-refractivity contribution in [1.82, 2.24) is 0 Å². The molecule has 2 aromatic rings. The largest absolute Gasteiger partial charge is 0.460 e. The Morgan fingerprint density at radius 1 is 1.14 bits per heavy atom. The topological polar surface area (TPSA) is 38.3 Å². The molecular formula is C18H18ClNO2. The maximum atomic E-state index is 11.6. The second-order valence-corrected chi connectivity index (χ2v) is 5.29. The van der Waals surface area contributed by atoms with Crippen LogP contribution >= 0.6 is 11.6 Å². The summed E-state index contributed by atoms with van der Waals surface area (Å²) in [5.74, 6) is -0.290. The predicted molar refractivity (Wildman–Crippen MR) is 91.1 cm³/mol. The maximum Gasteiger partial charge on any atom is 0.325 e. The normalized spacial score (nSPS) is 10.6. The molecule has 0 bridgehead atoms. The van der Waals surface area contributed by atoms with Crippen LogP contribution < -0.4 is 5.32 Å². The Labute approximate surface area is 135 Å². The van der Waals surface area contributed by atoms with Crippen molar-refractivity contribution in [2.45, 2.75) is 6.92 Å². The van der Waals surface area contributed by atoms with E-state index in [1.54, 1.807) is 6.08 Å². The molecule has 0 saturated heterocycles. The highest BCUT2D eigenvalue weighted by Crippen LogP contribution is 2.10. The van der Waals surface area contributed by atoms with Crippen LogP contribution in [-0.2, 0) is 9.53 Å². The van der Waals surface area contributed by atoms with Crippen LogP contribution in [0.3, 0.4) is 0 Å². The fourth-order valence-electron chi connectivity index (χ4n) is 1.80. The van der Waals surface area contributed by atoms with Crippen molar-refractivity contribution in [3.05, 3.63) is 70.8 Å². The molecule has 0 fully saturated rings. The Morgan fingerprint density at radius 3 is 2.50 bits per heavy atom. The molecule has 4 heteroatoms. The van der Waals surface area contributed by atoms with Gasteiger partial charge in [-0.05, 0) is 42.8 Å². The molecule has 0 aromatic heterocycles. The number of anilines is 1. The van der Waals surface area contributed by atoms with Gasteiger partial charge in [0.1, 0.15) is 13.2 Å². The Morgan fingerprint density at radius 2 is 1.82 bits per heavy atom. The minimum atomic E-state index is -0.290. The van der Waals surface area contributed by atoms with Crippen molar-refractivity contribution in [1.29, 1.82) is 0 Å². The SMILES string of the molecule is Cc1ccc(NCC(=O)OC/C=C/c2ccc(Cl)cc2)cc1. The number of ether oxygens (including phenoxy) is 1. The Hall–Kier alpha value is -2.26. The number of carbonyl (C=O) groups is 1. The highest BCUT2D eigenvalue weighted by Gasteiger charge is 2.01. The molecule has 0 atom stereocenters. The number of rotatable bonds is 6. The fraction of sp³-hybridized carbons (Fsp3) is 0.167. The summed E-state index contributed by atoms with van der Waals surface area (Å²) in [5.41, 5.74) is 3.10. The first-order chi connectivity index (χ1) is 10.6. The Bertz CT molecular complexity index is 633. The van der Waals surface area contributed by atoms with E-state index < -0.39 is 0 Å². The molecule has 0 spiro atoms. The van der Waals surface area contributed by atoms with Gasteiger partial charge in [-0.25, -0.2) is 0 Å². The average Bonchev–Trinajstić information content (AvgIpc) is 2.53. The van der Waals surface area contributed by atoms with Crippen molar-refractivity contribution in [2.75, 3.05) is 18.5 Å². The molecule has 0 amide bonds. The number of benzene rings is 2. The van der Waals surface area contributed by atoms with Crippen molar-refractivity contribution in [3.8, 4) is 0 Å². The second kappa shape index (κ2) is 8.25. The van der Waals surface area contributed by atoms with E-state index in [0.29, 0.717) is 5.02 Å². The summed E-state index contributed by atoms with van der Waals surface area (Å²) in [5, 5.41) is 3.72. The van der Waals surface area contributed by atoms with Crippen LogP contribution in [-0.4, -0.2) is 19.1 Å². The monoisotopic (exact) mass is 315 g/mol. The molecule has 22 heavy (non-hydrogen) atoms. The lowest BCUT2D eigenvalue weighted by atomic mass is 10.2. The molecule has 0 aliphatic heterocycles. The van der Waals surface area contributed by atoms with Gasteiger partial charge in [0.15, 0.2) is 0 Å². The maximum absolute atomic E-state index is 11.6. The summed E-state index contributed by atoms with van der Waals surface area (Å²) in [6, 6.07) is 15.3. The van der Waals surface area contributed by atoms with Crippen LogP contribution in [0, 0.1) is 6.92 Å². The molecule has 0 saturated carbocycles. The minimum Gasteiger partial charge on any atom is -0.460 e. The van der Waals surface area contributed by atoms with Crippen LogP contribution in [0.15, 0.2) is 54.6 Å². The molecule has 0 aliphatic carbocycles. The quantitative estimate of drug-likeness (QED) is 0.807. The number of halogens is 1. The molecule has 1 N–H and O–H groups in total. The van der Waals surface area contributed by atoms with E-state index in [-0.39, 0.29) is 19.1 Å². The third-order valence-corrected chi connectivity index (χ3v) is 3.26. The van der Waals surface area contributed by atoms with E-state index in [0.717, 1.165) is 11.3 Å². The van der Waals surface area contributed by atoms with Crippen molar-refractivity contribution in [3.63, 3.8) is 0 Å². The summed E-state index contributed by atoms with van der Waals surface area (Å²) in [6.07, 6.45) is 3.68. The molecule has 3 nitrogen and oxygen atoms in total. The zero-order chi connectivity index (χ0) is 15.8. The van der Waals surface area contributed by atoms with Crippen LogP contribution in [0.5, 0.6) is 0 Å². The van der Waals surface area contributed by atoms with E-state index in [9.17, 15) is 4.79 Å². The third-order valence-electron chi connectivity index (χ3n) is 3.01.